The highest BCUT2D eigenvalue weighted by molar-refractivity contribution is 7.13. The van der Waals surface area contributed by atoms with Gasteiger partial charge in [-0.2, -0.15) is 0 Å². The second-order valence-corrected chi connectivity index (χ2v) is 8.97. The Morgan fingerprint density at radius 3 is 2.59 bits per heavy atom. The molecule has 1 N–H and O–H groups in total. The summed E-state index contributed by atoms with van der Waals surface area (Å²) in [6, 6.07) is 18.1. The summed E-state index contributed by atoms with van der Waals surface area (Å²) in [5, 5.41) is 13.6. The normalized spacial score (nSPS) is 16.2. The fourth-order valence-electron chi connectivity index (χ4n) is 3.88. The zero-order valence-electron chi connectivity index (χ0n) is 18.5. The number of aromatic nitrogens is 1. The highest BCUT2D eigenvalue weighted by Gasteiger charge is 2.20. The summed E-state index contributed by atoms with van der Waals surface area (Å²) in [7, 11) is 1.66. The number of aliphatic hydroxyl groups is 1. The molecule has 32 heavy (non-hydrogen) atoms. The third-order valence-corrected chi connectivity index (χ3v) is 6.55. The predicted molar refractivity (Wildman–Crippen MR) is 128 cm³/mol. The molecule has 0 bridgehead atoms. The smallest absolute Gasteiger partial charge is 0.123 e. The van der Waals surface area contributed by atoms with Crippen LogP contribution in [0.3, 0.4) is 0 Å². The molecule has 0 amide bonds. The van der Waals surface area contributed by atoms with Crippen molar-refractivity contribution in [3.63, 3.8) is 0 Å². The second-order valence-electron chi connectivity index (χ2n) is 8.11. The molecule has 170 valence electrons. The van der Waals surface area contributed by atoms with Gasteiger partial charge in [0.15, 0.2) is 0 Å². The zero-order valence-corrected chi connectivity index (χ0v) is 19.3. The molecule has 0 radical (unpaired) electrons. The maximum absolute atomic E-state index is 10.4. The average molecular weight is 454 g/mol. The first-order valence-corrected chi connectivity index (χ1v) is 11.9. The number of aliphatic hydroxyl groups excluding tert-OH is 1. The number of hydrogen-bond donors (Lipinski definition) is 1. The number of nitrogens with zero attached hydrogens (tertiary/aromatic N) is 3. The molecule has 1 unspecified atom stereocenters. The average Bonchev–Trinajstić information content (AvgIpc) is 3.29. The number of hydrogen-bond acceptors (Lipinski definition) is 7. The minimum atomic E-state index is -0.487. The summed E-state index contributed by atoms with van der Waals surface area (Å²) in [4.78, 5) is 9.56. The molecule has 1 aromatic heterocycles. The van der Waals surface area contributed by atoms with E-state index in [1.54, 1.807) is 18.4 Å². The largest absolute Gasteiger partial charge is 0.497 e. The summed E-state index contributed by atoms with van der Waals surface area (Å²) >= 11 is 1.71. The Labute approximate surface area is 194 Å². The van der Waals surface area contributed by atoms with Crippen LogP contribution in [0.15, 0.2) is 60.0 Å². The summed E-state index contributed by atoms with van der Waals surface area (Å²) in [5.41, 5.74) is 3.35. The lowest BCUT2D eigenvalue weighted by Crippen LogP contribution is -2.48. The molecule has 3 aromatic rings. The summed E-state index contributed by atoms with van der Waals surface area (Å²) < 4.78 is 10.9. The first kappa shape index (κ1) is 22.9. The number of ether oxygens (including phenoxy) is 2. The lowest BCUT2D eigenvalue weighted by molar-refractivity contribution is 0.000786. The minimum Gasteiger partial charge on any atom is -0.497 e. The highest BCUT2D eigenvalue weighted by Crippen LogP contribution is 2.24. The lowest BCUT2D eigenvalue weighted by Gasteiger charge is -2.35. The van der Waals surface area contributed by atoms with Crippen molar-refractivity contribution in [1.29, 1.82) is 0 Å². The van der Waals surface area contributed by atoms with E-state index in [4.69, 9.17) is 14.5 Å². The fraction of sp³-hybridized carbons (Fsp3) is 0.400. The van der Waals surface area contributed by atoms with Crippen molar-refractivity contribution in [2.24, 2.45) is 0 Å². The lowest BCUT2D eigenvalue weighted by atomic mass is 10.2. The predicted octanol–water partition coefficient (Wildman–Crippen LogP) is 3.51. The number of thiazole rings is 1. The Balaban J connectivity index is 1.15. The van der Waals surface area contributed by atoms with Crippen molar-refractivity contribution < 1.29 is 14.6 Å². The summed E-state index contributed by atoms with van der Waals surface area (Å²) in [5.74, 6) is 0.818. The van der Waals surface area contributed by atoms with Crippen molar-refractivity contribution in [3.8, 4) is 16.3 Å². The van der Waals surface area contributed by atoms with Gasteiger partial charge in [-0.15, -0.1) is 11.3 Å². The minimum absolute atomic E-state index is 0.332. The van der Waals surface area contributed by atoms with Gasteiger partial charge in [0.2, 0.25) is 0 Å². The molecule has 1 saturated heterocycles. The Bertz CT molecular complexity index is 958. The molecule has 0 aliphatic carbocycles. The van der Waals surface area contributed by atoms with E-state index >= 15 is 0 Å². The molecule has 1 aliphatic rings. The van der Waals surface area contributed by atoms with Crippen LogP contribution in [0.2, 0.25) is 0 Å². The van der Waals surface area contributed by atoms with Gasteiger partial charge in [-0.3, -0.25) is 9.80 Å². The highest BCUT2D eigenvalue weighted by atomic mass is 32.1. The van der Waals surface area contributed by atoms with Crippen LogP contribution in [-0.2, 0) is 17.9 Å². The molecule has 0 spiro atoms. The van der Waals surface area contributed by atoms with Crippen molar-refractivity contribution in [3.05, 3.63) is 71.2 Å². The standard InChI is InChI=1S/C25H31N3O3S/c1-30-24-9-5-6-20(14-24)17-31-18-23(29)16-28-12-10-27(11-13-28)15-22-19-32-25(26-22)21-7-3-2-4-8-21/h2-9,14,19,23,29H,10-13,15-18H2,1H3. The van der Waals surface area contributed by atoms with Crippen LogP contribution in [-0.4, -0.2) is 72.4 Å². The maximum atomic E-state index is 10.4. The van der Waals surface area contributed by atoms with Gasteiger partial charge in [0, 0.05) is 50.2 Å². The first-order valence-electron chi connectivity index (χ1n) is 11.0. The van der Waals surface area contributed by atoms with E-state index in [2.05, 4.69) is 27.3 Å². The topological polar surface area (TPSA) is 58.1 Å². The van der Waals surface area contributed by atoms with Gasteiger partial charge in [0.1, 0.15) is 10.8 Å². The van der Waals surface area contributed by atoms with E-state index in [1.807, 2.05) is 42.5 Å². The van der Waals surface area contributed by atoms with Crippen LogP contribution in [0.5, 0.6) is 5.75 Å². The molecule has 0 saturated carbocycles. The van der Waals surface area contributed by atoms with Crippen molar-refractivity contribution in [2.45, 2.75) is 19.3 Å². The molecule has 1 aliphatic heterocycles. The van der Waals surface area contributed by atoms with Crippen LogP contribution < -0.4 is 4.74 Å². The first-order chi connectivity index (χ1) is 15.7. The third kappa shape index (κ3) is 6.60. The van der Waals surface area contributed by atoms with Gasteiger partial charge >= 0.3 is 0 Å². The molecule has 1 atom stereocenters. The number of β-amino-alcohol motifs (C(OH)–C–C–N with tert-alkyl or cyclic N) is 1. The molecule has 6 nitrogen and oxygen atoms in total. The van der Waals surface area contributed by atoms with E-state index < -0.39 is 6.10 Å². The van der Waals surface area contributed by atoms with E-state index in [0.29, 0.717) is 19.8 Å². The van der Waals surface area contributed by atoms with Crippen LogP contribution in [0.4, 0.5) is 0 Å². The molecular weight excluding hydrogens is 422 g/mol. The Morgan fingerprint density at radius 2 is 1.81 bits per heavy atom. The Hall–Kier alpha value is -2.29. The van der Waals surface area contributed by atoms with Crippen molar-refractivity contribution in [1.82, 2.24) is 14.8 Å². The van der Waals surface area contributed by atoms with Crippen molar-refractivity contribution in [2.75, 3.05) is 46.4 Å². The molecule has 4 rings (SSSR count). The maximum Gasteiger partial charge on any atom is 0.123 e. The quantitative estimate of drug-likeness (QED) is 0.507. The number of benzene rings is 2. The van der Waals surface area contributed by atoms with Crippen LogP contribution >= 0.6 is 11.3 Å². The van der Waals surface area contributed by atoms with Gasteiger partial charge in [0.25, 0.3) is 0 Å². The van der Waals surface area contributed by atoms with Crippen LogP contribution in [0, 0.1) is 0 Å². The van der Waals surface area contributed by atoms with Gasteiger partial charge in [-0.25, -0.2) is 4.98 Å². The van der Waals surface area contributed by atoms with Gasteiger partial charge in [-0.1, -0.05) is 42.5 Å². The fourth-order valence-corrected chi connectivity index (χ4v) is 4.69. The van der Waals surface area contributed by atoms with E-state index in [-0.39, 0.29) is 0 Å². The van der Waals surface area contributed by atoms with Crippen LogP contribution in [0.1, 0.15) is 11.3 Å². The van der Waals surface area contributed by atoms with Gasteiger partial charge < -0.3 is 14.6 Å². The summed E-state index contributed by atoms with van der Waals surface area (Å²) in [6.45, 7) is 6.18. The molecule has 2 heterocycles. The van der Waals surface area contributed by atoms with E-state index in [9.17, 15) is 5.11 Å². The molecular formula is C25H31N3O3S. The molecule has 2 aromatic carbocycles. The number of rotatable bonds is 10. The van der Waals surface area contributed by atoms with Gasteiger partial charge in [-0.05, 0) is 17.7 Å². The second kappa shape index (κ2) is 11.5. The SMILES string of the molecule is COc1cccc(COCC(O)CN2CCN(Cc3csc(-c4ccccc4)n3)CC2)c1. The van der Waals surface area contributed by atoms with E-state index in [1.165, 1.54) is 5.56 Å². The van der Waals surface area contributed by atoms with E-state index in [0.717, 1.165) is 54.7 Å². The van der Waals surface area contributed by atoms with Gasteiger partial charge in [0.05, 0.1) is 32.1 Å². The van der Waals surface area contributed by atoms with Crippen molar-refractivity contribution >= 4 is 11.3 Å². The molecule has 1 fully saturated rings. The molecule has 7 heteroatoms. The monoisotopic (exact) mass is 453 g/mol. The Morgan fingerprint density at radius 1 is 1.03 bits per heavy atom. The number of methoxy groups -OCH3 is 1. The van der Waals surface area contributed by atoms with Crippen LogP contribution in [0.25, 0.3) is 10.6 Å². The zero-order chi connectivity index (χ0) is 22.2. The summed E-state index contributed by atoms with van der Waals surface area (Å²) in [6.07, 6.45) is -0.487. The third-order valence-electron chi connectivity index (χ3n) is 5.61. The Kier molecular flexibility index (Phi) is 8.25. The number of piperazine rings is 1.